The predicted octanol–water partition coefficient (Wildman–Crippen LogP) is 0.485. The highest BCUT2D eigenvalue weighted by Crippen LogP contribution is 2.29. The third kappa shape index (κ3) is 3.67. The van der Waals surface area contributed by atoms with Crippen molar-refractivity contribution in [2.45, 2.75) is 6.92 Å². The number of piperazine rings is 1. The fourth-order valence-electron chi connectivity index (χ4n) is 3.22. The number of imide groups is 1. The summed E-state index contributed by atoms with van der Waals surface area (Å²) in [5.74, 6) is -0.791. The first-order chi connectivity index (χ1) is 12.1. The Morgan fingerprint density at radius 3 is 2.52 bits per heavy atom. The van der Waals surface area contributed by atoms with Gasteiger partial charge in [0.05, 0.1) is 24.5 Å². The van der Waals surface area contributed by atoms with Crippen LogP contribution in [0.4, 0.5) is 11.4 Å². The van der Waals surface area contributed by atoms with Crippen molar-refractivity contribution in [1.29, 1.82) is 0 Å². The van der Waals surface area contributed by atoms with E-state index in [-0.39, 0.29) is 18.8 Å². The van der Waals surface area contributed by atoms with E-state index in [2.05, 4.69) is 22.0 Å². The minimum atomic E-state index is -0.398. The fourth-order valence-corrected chi connectivity index (χ4v) is 3.22. The number of hydrogen-bond acceptors (Lipinski definition) is 6. The molecule has 0 atom stereocenters. The van der Waals surface area contributed by atoms with Crippen LogP contribution in [0.5, 0.6) is 0 Å². The van der Waals surface area contributed by atoms with Crippen LogP contribution in [-0.2, 0) is 9.59 Å². The summed E-state index contributed by atoms with van der Waals surface area (Å²) in [5, 5.41) is 12.1. The first kappa shape index (κ1) is 17.4. The highest BCUT2D eigenvalue weighted by molar-refractivity contribution is 6.17. The van der Waals surface area contributed by atoms with E-state index in [0.717, 1.165) is 49.0 Å². The van der Waals surface area contributed by atoms with Gasteiger partial charge >= 0.3 is 0 Å². The minimum Gasteiger partial charge on any atom is -0.395 e. The second-order valence-corrected chi connectivity index (χ2v) is 6.14. The van der Waals surface area contributed by atoms with Gasteiger partial charge in [-0.2, -0.15) is 0 Å². The van der Waals surface area contributed by atoms with Crippen LogP contribution >= 0.6 is 0 Å². The van der Waals surface area contributed by atoms with Crippen LogP contribution in [-0.4, -0.2) is 72.6 Å². The zero-order chi connectivity index (χ0) is 17.8. The quantitative estimate of drug-likeness (QED) is 0.732. The number of β-amino-alcohol motifs (C(OH)–C–C–N with tert-alkyl or cyclic N) is 1. The van der Waals surface area contributed by atoms with Gasteiger partial charge in [-0.25, -0.2) is 0 Å². The van der Waals surface area contributed by atoms with E-state index < -0.39 is 11.8 Å². The molecule has 0 saturated carbocycles. The van der Waals surface area contributed by atoms with Gasteiger partial charge < -0.3 is 20.2 Å². The number of hydrogen-bond donors (Lipinski definition) is 2. The number of benzene rings is 1. The molecule has 7 heteroatoms. The molecule has 2 N–H and O–H groups in total. The number of aliphatic hydroxyl groups excluding tert-OH is 1. The van der Waals surface area contributed by atoms with Gasteiger partial charge in [0.1, 0.15) is 5.70 Å². The molecule has 0 bridgehead atoms. The maximum absolute atomic E-state index is 12.3. The fraction of sp³-hybridized carbons (Fsp3) is 0.444. The second kappa shape index (κ2) is 7.67. The smallest absolute Gasteiger partial charge is 0.277 e. The van der Waals surface area contributed by atoms with Crippen LogP contribution in [0, 0.1) is 0 Å². The molecule has 2 amide bonds. The lowest BCUT2D eigenvalue weighted by Crippen LogP contribution is -2.46. The lowest BCUT2D eigenvalue weighted by atomic mass is 10.2. The molecule has 2 aliphatic heterocycles. The Labute approximate surface area is 147 Å². The number of carbonyl (C=O) groups excluding carboxylic acids is 2. The Morgan fingerprint density at radius 1 is 1.12 bits per heavy atom. The highest BCUT2D eigenvalue weighted by Gasteiger charge is 2.31. The standard InChI is InChI=1S/C18H24N4O3/c1-2-20-7-9-21(10-8-20)16-6-4-3-5-14(16)19-15-13-17(24)22(11-12-23)18(15)25/h3-6,13,19,23H,2,7-12H2,1H3. The summed E-state index contributed by atoms with van der Waals surface area (Å²) >= 11 is 0. The van der Waals surface area contributed by atoms with Gasteiger partial charge in [-0.05, 0) is 18.7 Å². The van der Waals surface area contributed by atoms with E-state index in [1.807, 2.05) is 24.3 Å². The summed E-state index contributed by atoms with van der Waals surface area (Å²) in [7, 11) is 0. The Morgan fingerprint density at radius 2 is 1.84 bits per heavy atom. The number of likely N-dealkylation sites (N-methyl/N-ethyl adjacent to an activating group) is 1. The van der Waals surface area contributed by atoms with Gasteiger partial charge in [0.2, 0.25) is 0 Å². The maximum atomic E-state index is 12.3. The zero-order valence-electron chi connectivity index (χ0n) is 14.4. The number of nitrogens with zero attached hydrogens (tertiary/aromatic N) is 3. The maximum Gasteiger partial charge on any atom is 0.277 e. The highest BCUT2D eigenvalue weighted by atomic mass is 16.3. The van der Waals surface area contributed by atoms with Crippen molar-refractivity contribution in [1.82, 2.24) is 9.80 Å². The predicted molar refractivity (Wildman–Crippen MR) is 96.3 cm³/mol. The SMILES string of the molecule is CCN1CCN(c2ccccc2NC2=CC(=O)N(CCO)C2=O)CC1. The zero-order valence-corrected chi connectivity index (χ0v) is 14.4. The Bertz CT molecular complexity index is 681. The number of amides is 2. The molecular weight excluding hydrogens is 320 g/mol. The van der Waals surface area contributed by atoms with Crippen LogP contribution in [0.15, 0.2) is 36.0 Å². The van der Waals surface area contributed by atoms with Gasteiger partial charge in [-0.15, -0.1) is 0 Å². The molecule has 1 aromatic carbocycles. The third-order valence-electron chi connectivity index (χ3n) is 4.67. The van der Waals surface area contributed by atoms with Crippen LogP contribution in [0.2, 0.25) is 0 Å². The molecule has 2 heterocycles. The topological polar surface area (TPSA) is 76.1 Å². The van der Waals surface area contributed by atoms with Gasteiger partial charge in [-0.1, -0.05) is 19.1 Å². The summed E-state index contributed by atoms with van der Waals surface area (Å²) in [6, 6.07) is 7.81. The number of rotatable bonds is 6. The van der Waals surface area contributed by atoms with E-state index in [0.29, 0.717) is 0 Å². The van der Waals surface area contributed by atoms with Crippen molar-refractivity contribution >= 4 is 23.2 Å². The van der Waals surface area contributed by atoms with Crippen molar-refractivity contribution in [2.24, 2.45) is 0 Å². The Hall–Kier alpha value is -2.38. The summed E-state index contributed by atoms with van der Waals surface area (Å²) in [5.41, 5.74) is 2.09. The summed E-state index contributed by atoms with van der Waals surface area (Å²) in [4.78, 5) is 30.0. The molecular formula is C18H24N4O3. The minimum absolute atomic E-state index is 0.0139. The van der Waals surface area contributed by atoms with Crippen LogP contribution in [0.3, 0.4) is 0 Å². The van der Waals surface area contributed by atoms with Crippen LogP contribution in [0.1, 0.15) is 6.92 Å². The molecule has 3 rings (SSSR count). The molecule has 0 aromatic heterocycles. The molecule has 134 valence electrons. The molecule has 7 nitrogen and oxygen atoms in total. The first-order valence-electron chi connectivity index (χ1n) is 8.65. The molecule has 0 spiro atoms. The van der Waals surface area contributed by atoms with Gasteiger partial charge in [0.15, 0.2) is 0 Å². The molecule has 1 saturated heterocycles. The van der Waals surface area contributed by atoms with Crippen molar-refractivity contribution in [3.05, 3.63) is 36.0 Å². The van der Waals surface area contributed by atoms with Crippen molar-refractivity contribution in [3.8, 4) is 0 Å². The Kier molecular flexibility index (Phi) is 5.35. The Balaban J connectivity index is 1.75. The molecule has 1 fully saturated rings. The lowest BCUT2D eigenvalue weighted by molar-refractivity contribution is -0.137. The molecule has 0 unspecified atom stereocenters. The van der Waals surface area contributed by atoms with Gasteiger partial charge in [0.25, 0.3) is 11.8 Å². The van der Waals surface area contributed by atoms with E-state index >= 15 is 0 Å². The number of para-hydroxylation sites is 2. The van der Waals surface area contributed by atoms with Crippen molar-refractivity contribution in [3.63, 3.8) is 0 Å². The average molecular weight is 344 g/mol. The number of carbonyl (C=O) groups is 2. The summed E-state index contributed by atoms with van der Waals surface area (Å²) < 4.78 is 0. The van der Waals surface area contributed by atoms with E-state index in [4.69, 9.17) is 5.11 Å². The van der Waals surface area contributed by atoms with Crippen molar-refractivity contribution < 1.29 is 14.7 Å². The third-order valence-corrected chi connectivity index (χ3v) is 4.67. The van der Waals surface area contributed by atoms with E-state index in [9.17, 15) is 9.59 Å². The number of anilines is 2. The largest absolute Gasteiger partial charge is 0.395 e. The van der Waals surface area contributed by atoms with Gasteiger partial charge in [-0.3, -0.25) is 14.5 Å². The lowest BCUT2D eigenvalue weighted by Gasteiger charge is -2.36. The van der Waals surface area contributed by atoms with Crippen LogP contribution < -0.4 is 10.2 Å². The summed E-state index contributed by atoms with van der Waals surface area (Å²) in [6.07, 6.45) is 1.30. The van der Waals surface area contributed by atoms with E-state index in [1.165, 1.54) is 6.08 Å². The van der Waals surface area contributed by atoms with Crippen molar-refractivity contribution in [2.75, 3.05) is 56.1 Å². The van der Waals surface area contributed by atoms with Crippen LogP contribution in [0.25, 0.3) is 0 Å². The van der Waals surface area contributed by atoms with Gasteiger partial charge in [0, 0.05) is 32.3 Å². The number of aliphatic hydroxyl groups is 1. The number of nitrogens with one attached hydrogen (secondary N) is 1. The molecule has 0 radical (unpaired) electrons. The summed E-state index contributed by atoms with van der Waals surface area (Å²) in [6.45, 7) is 6.86. The second-order valence-electron chi connectivity index (χ2n) is 6.14. The van der Waals surface area contributed by atoms with E-state index in [1.54, 1.807) is 0 Å². The molecule has 2 aliphatic rings. The molecule has 1 aromatic rings. The normalized spacial score (nSPS) is 18.7. The average Bonchev–Trinajstić information content (AvgIpc) is 2.90. The monoisotopic (exact) mass is 344 g/mol. The first-order valence-corrected chi connectivity index (χ1v) is 8.65. The molecule has 0 aliphatic carbocycles. The molecule has 25 heavy (non-hydrogen) atoms.